The first-order chi connectivity index (χ1) is 13.6. The summed E-state index contributed by atoms with van der Waals surface area (Å²) in [4.78, 5) is 25.0. The summed E-state index contributed by atoms with van der Waals surface area (Å²) in [5, 5.41) is 3.06. The molecule has 0 unspecified atom stereocenters. The van der Waals surface area contributed by atoms with Crippen molar-refractivity contribution in [1.82, 2.24) is 20.2 Å². The molecular weight excluding hydrogens is 372 g/mol. The zero-order chi connectivity index (χ0) is 19.7. The van der Waals surface area contributed by atoms with E-state index in [1.54, 1.807) is 18.4 Å². The van der Waals surface area contributed by atoms with Gasteiger partial charge in [-0.05, 0) is 43.3 Å². The van der Waals surface area contributed by atoms with Crippen molar-refractivity contribution >= 4 is 28.3 Å². The van der Waals surface area contributed by atoms with Crippen LogP contribution in [0.15, 0.2) is 24.3 Å². The third-order valence-corrected chi connectivity index (χ3v) is 6.09. The highest BCUT2D eigenvalue weighted by atomic mass is 32.1. The summed E-state index contributed by atoms with van der Waals surface area (Å²) in [7, 11) is 3.71. The summed E-state index contributed by atoms with van der Waals surface area (Å²) in [5.41, 5.74) is 3.71. The lowest BCUT2D eigenvalue weighted by Crippen LogP contribution is -2.31. The Balaban J connectivity index is 1.57. The molecule has 144 valence electrons. The lowest BCUT2D eigenvalue weighted by atomic mass is 10.1. The second-order valence-corrected chi connectivity index (χ2v) is 8.16. The Kier molecular flexibility index (Phi) is 5.18. The minimum Gasteiger partial charge on any atom is -0.382 e. The maximum Gasteiger partial charge on any atom is 0.262 e. The fourth-order valence-corrected chi connectivity index (χ4v) is 4.62. The van der Waals surface area contributed by atoms with Crippen molar-refractivity contribution in [3.8, 4) is 12.3 Å². The number of likely N-dealkylation sites (N-methyl/N-ethyl adjacent to an activating group) is 1. The van der Waals surface area contributed by atoms with Crippen molar-refractivity contribution in [3.63, 3.8) is 0 Å². The van der Waals surface area contributed by atoms with Crippen molar-refractivity contribution in [2.75, 3.05) is 27.3 Å². The van der Waals surface area contributed by atoms with Gasteiger partial charge in [-0.1, -0.05) is 5.92 Å². The number of nitrogens with one attached hydrogen (secondary N) is 2. The fourth-order valence-electron chi connectivity index (χ4n) is 3.43. The van der Waals surface area contributed by atoms with Gasteiger partial charge in [0.25, 0.3) is 5.91 Å². The van der Waals surface area contributed by atoms with Crippen molar-refractivity contribution in [3.05, 3.63) is 51.0 Å². The molecule has 0 bridgehead atoms. The molecule has 1 aromatic carbocycles. The molecule has 3 heterocycles. The summed E-state index contributed by atoms with van der Waals surface area (Å²) in [6, 6.07) is 7.25. The number of terminal acetylenes is 1. The monoisotopic (exact) mass is 394 g/mol. The number of carbonyl (C=O) groups is 1. The van der Waals surface area contributed by atoms with Crippen LogP contribution in [0.25, 0.3) is 11.0 Å². The highest BCUT2D eigenvalue weighted by Gasteiger charge is 2.23. The van der Waals surface area contributed by atoms with Crippen LogP contribution in [0.2, 0.25) is 0 Å². The minimum absolute atomic E-state index is 0.103. The third-order valence-electron chi connectivity index (χ3n) is 4.93. The number of amides is 1. The zero-order valence-electron chi connectivity index (χ0n) is 15.9. The van der Waals surface area contributed by atoms with Gasteiger partial charge >= 0.3 is 0 Å². The molecule has 0 spiro atoms. The van der Waals surface area contributed by atoms with E-state index in [2.05, 4.69) is 33.2 Å². The van der Waals surface area contributed by atoms with Crippen LogP contribution in [-0.4, -0.2) is 48.1 Å². The molecule has 3 aromatic rings. The summed E-state index contributed by atoms with van der Waals surface area (Å²) in [6.07, 6.45) is 6.46. The van der Waals surface area contributed by atoms with Crippen LogP contribution in [0.5, 0.6) is 0 Å². The summed E-state index contributed by atoms with van der Waals surface area (Å²) in [5.74, 6) is 3.17. The van der Waals surface area contributed by atoms with E-state index in [-0.39, 0.29) is 11.9 Å². The first-order valence-corrected chi connectivity index (χ1v) is 9.95. The average Bonchev–Trinajstić information content (AvgIpc) is 3.30. The van der Waals surface area contributed by atoms with Gasteiger partial charge in [0.05, 0.1) is 22.5 Å². The number of carbonyl (C=O) groups excluding carboxylic acids is 1. The molecule has 2 N–H and O–H groups in total. The lowest BCUT2D eigenvalue weighted by Gasteiger charge is -2.21. The quantitative estimate of drug-likeness (QED) is 0.653. The lowest BCUT2D eigenvalue weighted by molar-refractivity contribution is 0.0896. The van der Waals surface area contributed by atoms with Crippen LogP contribution < -0.4 is 5.32 Å². The number of thiophene rings is 1. The van der Waals surface area contributed by atoms with Gasteiger partial charge in [-0.25, -0.2) is 4.98 Å². The van der Waals surface area contributed by atoms with Crippen LogP contribution >= 0.6 is 11.3 Å². The van der Waals surface area contributed by atoms with Gasteiger partial charge in [-0.2, -0.15) is 0 Å². The number of hydrogen-bond donors (Lipinski definition) is 2. The number of benzene rings is 1. The van der Waals surface area contributed by atoms with E-state index in [9.17, 15) is 4.79 Å². The molecule has 1 aliphatic heterocycles. The van der Waals surface area contributed by atoms with Crippen LogP contribution in [0.1, 0.15) is 37.5 Å². The standard InChI is InChI=1S/C21H22N4O2S/c1-4-13-5-6-15-16(9-13)23-20(22-15)17(12-27-3)24-21(26)18-10-14-7-8-25(2)11-19(14)28-18/h1,5-6,9-10,17H,7-8,11-12H2,2-3H3,(H,22,23)(H,24,26)/t17-/m0/s1. The van der Waals surface area contributed by atoms with E-state index in [0.29, 0.717) is 12.4 Å². The maximum atomic E-state index is 12.9. The molecule has 1 atom stereocenters. The molecule has 28 heavy (non-hydrogen) atoms. The second-order valence-electron chi connectivity index (χ2n) is 7.03. The predicted octanol–water partition coefficient (Wildman–Crippen LogP) is 2.71. The molecule has 1 aliphatic rings. The van der Waals surface area contributed by atoms with Crippen molar-refractivity contribution in [1.29, 1.82) is 0 Å². The number of hydrogen-bond acceptors (Lipinski definition) is 5. The topological polar surface area (TPSA) is 70.2 Å². The van der Waals surface area contributed by atoms with Crippen molar-refractivity contribution < 1.29 is 9.53 Å². The first kappa shape index (κ1) is 18.7. The van der Waals surface area contributed by atoms with Gasteiger partial charge in [0.15, 0.2) is 0 Å². The normalized spacial score (nSPS) is 15.2. The number of fused-ring (bicyclic) bond motifs is 2. The van der Waals surface area contributed by atoms with E-state index in [4.69, 9.17) is 11.2 Å². The molecule has 2 aromatic heterocycles. The Morgan fingerprint density at radius 3 is 3.14 bits per heavy atom. The van der Waals surface area contributed by atoms with Crippen LogP contribution in [0, 0.1) is 12.3 Å². The first-order valence-electron chi connectivity index (χ1n) is 9.13. The highest BCUT2D eigenvalue weighted by molar-refractivity contribution is 7.14. The number of aromatic amines is 1. The Hall–Kier alpha value is -2.66. The molecule has 0 saturated heterocycles. The SMILES string of the molecule is C#Cc1ccc2nc([C@H](COC)NC(=O)c3cc4c(s3)CN(C)CC4)[nH]c2c1. The summed E-state index contributed by atoms with van der Waals surface area (Å²) in [6.45, 7) is 2.24. The van der Waals surface area contributed by atoms with E-state index in [1.165, 1.54) is 10.4 Å². The summed E-state index contributed by atoms with van der Waals surface area (Å²) >= 11 is 1.57. The number of imidazole rings is 1. The molecule has 0 aliphatic carbocycles. The number of aromatic nitrogens is 2. The molecular formula is C21H22N4O2S. The molecule has 0 saturated carbocycles. The Labute approximate surface area is 167 Å². The van der Waals surface area contributed by atoms with Gasteiger partial charge in [-0.15, -0.1) is 17.8 Å². The number of ether oxygens (including phenoxy) is 1. The van der Waals surface area contributed by atoms with Gasteiger partial charge in [0, 0.05) is 30.6 Å². The van der Waals surface area contributed by atoms with Crippen LogP contribution in [0.3, 0.4) is 0 Å². The number of methoxy groups -OCH3 is 1. The average molecular weight is 395 g/mol. The van der Waals surface area contributed by atoms with Gasteiger partial charge in [-0.3, -0.25) is 4.79 Å². The second kappa shape index (κ2) is 7.76. The van der Waals surface area contributed by atoms with E-state index in [0.717, 1.165) is 41.0 Å². The third kappa shape index (κ3) is 3.67. The molecule has 4 rings (SSSR count). The van der Waals surface area contributed by atoms with Gasteiger partial charge < -0.3 is 19.9 Å². The van der Waals surface area contributed by atoms with Crippen LogP contribution in [0.4, 0.5) is 0 Å². The highest BCUT2D eigenvalue weighted by Crippen LogP contribution is 2.28. The molecule has 6 nitrogen and oxygen atoms in total. The van der Waals surface area contributed by atoms with Gasteiger partial charge in [0.1, 0.15) is 11.9 Å². The largest absolute Gasteiger partial charge is 0.382 e. The number of rotatable bonds is 5. The van der Waals surface area contributed by atoms with Crippen molar-refractivity contribution in [2.24, 2.45) is 0 Å². The number of nitrogens with zero attached hydrogens (tertiary/aromatic N) is 2. The minimum atomic E-state index is -0.374. The molecule has 0 fully saturated rings. The fraction of sp³-hybridized carbons (Fsp3) is 0.333. The van der Waals surface area contributed by atoms with E-state index in [1.807, 2.05) is 24.3 Å². The molecule has 0 radical (unpaired) electrons. The zero-order valence-corrected chi connectivity index (χ0v) is 16.7. The Bertz CT molecular complexity index is 1060. The van der Waals surface area contributed by atoms with Crippen molar-refractivity contribution in [2.45, 2.75) is 19.0 Å². The Morgan fingerprint density at radius 1 is 1.50 bits per heavy atom. The Morgan fingerprint density at radius 2 is 2.36 bits per heavy atom. The molecule has 7 heteroatoms. The maximum absolute atomic E-state index is 12.9. The van der Waals surface area contributed by atoms with Crippen LogP contribution in [-0.2, 0) is 17.7 Å². The smallest absolute Gasteiger partial charge is 0.262 e. The predicted molar refractivity (Wildman–Crippen MR) is 110 cm³/mol. The van der Waals surface area contributed by atoms with E-state index < -0.39 is 0 Å². The summed E-state index contributed by atoms with van der Waals surface area (Å²) < 4.78 is 5.32. The van der Waals surface area contributed by atoms with E-state index >= 15 is 0 Å². The number of H-pyrrole nitrogens is 1. The van der Waals surface area contributed by atoms with Gasteiger partial charge in [0.2, 0.25) is 0 Å². The molecule has 1 amide bonds.